The van der Waals surface area contributed by atoms with Crippen molar-refractivity contribution in [2.45, 2.75) is 19.0 Å². The van der Waals surface area contributed by atoms with Crippen LogP contribution in [0.3, 0.4) is 0 Å². The van der Waals surface area contributed by atoms with Crippen LogP contribution in [-0.2, 0) is 14.3 Å². The van der Waals surface area contributed by atoms with Crippen LogP contribution < -0.4 is 0 Å². The first kappa shape index (κ1) is 18.5. The molecule has 1 N–H and O–H groups in total. The number of nitrogens with one attached hydrogen (secondary N) is 1. The molecule has 2 aliphatic heterocycles. The Morgan fingerprint density at radius 1 is 1.21 bits per heavy atom. The highest BCUT2D eigenvalue weighted by Crippen LogP contribution is 2.26. The number of H-pyrrole nitrogens is 1. The molecule has 3 heterocycles. The summed E-state index contributed by atoms with van der Waals surface area (Å²) in [6, 6.07) is 6.09. The maximum Gasteiger partial charge on any atom is 0.255 e. The van der Waals surface area contributed by atoms with Crippen molar-refractivity contribution in [3.05, 3.63) is 36.0 Å². The van der Waals surface area contributed by atoms with Gasteiger partial charge in [0.05, 0.1) is 13.2 Å². The molecule has 3 amide bonds. The second-order valence-corrected chi connectivity index (χ2v) is 7.24. The van der Waals surface area contributed by atoms with E-state index in [1.807, 2.05) is 18.2 Å². The fourth-order valence-electron chi connectivity index (χ4n) is 4.11. The van der Waals surface area contributed by atoms with Gasteiger partial charge in [-0.3, -0.25) is 14.4 Å². The zero-order valence-corrected chi connectivity index (χ0v) is 16.1. The van der Waals surface area contributed by atoms with Gasteiger partial charge >= 0.3 is 0 Å². The van der Waals surface area contributed by atoms with Gasteiger partial charge in [-0.15, -0.1) is 0 Å². The molecule has 2 aromatic rings. The van der Waals surface area contributed by atoms with Crippen molar-refractivity contribution in [1.82, 2.24) is 19.7 Å². The molecule has 0 spiro atoms. The number of carbonyl (C=O) groups excluding carboxylic acids is 3. The van der Waals surface area contributed by atoms with E-state index in [4.69, 9.17) is 4.74 Å². The van der Waals surface area contributed by atoms with Crippen molar-refractivity contribution < 1.29 is 19.1 Å². The van der Waals surface area contributed by atoms with E-state index in [1.54, 1.807) is 36.1 Å². The van der Waals surface area contributed by atoms with Gasteiger partial charge in [0.2, 0.25) is 11.8 Å². The molecule has 0 saturated carbocycles. The molecule has 8 nitrogen and oxygen atoms in total. The lowest BCUT2D eigenvalue weighted by Gasteiger charge is -2.48. The van der Waals surface area contributed by atoms with E-state index < -0.39 is 12.1 Å². The lowest BCUT2D eigenvalue weighted by Crippen LogP contribution is -2.70. The lowest BCUT2D eigenvalue weighted by atomic mass is 10.0. The van der Waals surface area contributed by atoms with Gasteiger partial charge in [-0.1, -0.05) is 6.07 Å². The first-order chi connectivity index (χ1) is 13.5. The van der Waals surface area contributed by atoms with Crippen LogP contribution in [0.15, 0.2) is 30.5 Å². The standard InChI is InChI=1S/C20H24N4O4/c1-13-18(25)23-9-8-22(10-11-28-2)20(27)17(23)12-24(13)19(26)15-4-3-5-16-14(15)6-7-21-16/h3-7,13,17,21H,8-12H2,1-2H3/t13-,17-/m0/s1. The highest BCUT2D eigenvalue weighted by molar-refractivity contribution is 6.08. The van der Waals surface area contributed by atoms with E-state index >= 15 is 0 Å². The predicted molar refractivity (Wildman–Crippen MR) is 103 cm³/mol. The van der Waals surface area contributed by atoms with Crippen LogP contribution in [-0.4, -0.2) is 89.4 Å². The van der Waals surface area contributed by atoms with E-state index in [0.717, 1.165) is 10.9 Å². The molecule has 1 aromatic heterocycles. The summed E-state index contributed by atoms with van der Waals surface area (Å²) in [6.07, 6.45) is 1.78. The molecular formula is C20H24N4O4. The van der Waals surface area contributed by atoms with E-state index in [0.29, 0.717) is 31.8 Å². The van der Waals surface area contributed by atoms with Crippen molar-refractivity contribution in [1.29, 1.82) is 0 Å². The maximum absolute atomic E-state index is 13.3. The molecule has 2 atom stereocenters. The Hall–Kier alpha value is -2.87. The molecule has 28 heavy (non-hydrogen) atoms. The highest BCUT2D eigenvalue weighted by atomic mass is 16.5. The molecule has 0 radical (unpaired) electrons. The van der Waals surface area contributed by atoms with E-state index in [9.17, 15) is 14.4 Å². The number of carbonyl (C=O) groups is 3. The van der Waals surface area contributed by atoms with Crippen molar-refractivity contribution >= 4 is 28.6 Å². The molecule has 148 valence electrons. The number of benzene rings is 1. The Morgan fingerprint density at radius 2 is 2.04 bits per heavy atom. The Morgan fingerprint density at radius 3 is 2.82 bits per heavy atom. The Balaban J connectivity index is 1.61. The van der Waals surface area contributed by atoms with Gasteiger partial charge in [0, 0.05) is 49.4 Å². The topological polar surface area (TPSA) is 85.9 Å². The summed E-state index contributed by atoms with van der Waals surface area (Å²) in [5.41, 5.74) is 1.40. The molecule has 4 rings (SSSR count). The first-order valence-electron chi connectivity index (χ1n) is 9.48. The minimum atomic E-state index is -0.635. The minimum absolute atomic E-state index is 0.124. The third-order valence-electron chi connectivity index (χ3n) is 5.71. The van der Waals surface area contributed by atoms with Gasteiger partial charge in [-0.2, -0.15) is 0 Å². The average Bonchev–Trinajstić information content (AvgIpc) is 3.18. The quantitative estimate of drug-likeness (QED) is 0.841. The van der Waals surface area contributed by atoms with Crippen LogP contribution in [0.1, 0.15) is 17.3 Å². The van der Waals surface area contributed by atoms with Crippen LogP contribution in [0.25, 0.3) is 10.9 Å². The number of rotatable bonds is 4. The van der Waals surface area contributed by atoms with E-state index in [1.165, 1.54) is 4.90 Å². The minimum Gasteiger partial charge on any atom is -0.383 e. The van der Waals surface area contributed by atoms with Crippen molar-refractivity contribution in [2.24, 2.45) is 0 Å². The van der Waals surface area contributed by atoms with Crippen LogP contribution in [0, 0.1) is 0 Å². The Bertz CT molecular complexity index is 924. The molecular weight excluding hydrogens is 360 g/mol. The number of ether oxygens (including phenoxy) is 1. The summed E-state index contributed by atoms with van der Waals surface area (Å²) in [7, 11) is 1.59. The zero-order chi connectivity index (χ0) is 19.8. The third kappa shape index (κ3) is 2.93. The Labute approximate surface area is 163 Å². The van der Waals surface area contributed by atoms with Crippen molar-refractivity contribution in [2.75, 3.05) is 39.9 Å². The van der Waals surface area contributed by atoms with Gasteiger partial charge < -0.3 is 24.4 Å². The van der Waals surface area contributed by atoms with Crippen LogP contribution in [0.4, 0.5) is 0 Å². The number of fused-ring (bicyclic) bond motifs is 2. The van der Waals surface area contributed by atoms with Crippen molar-refractivity contribution in [3.8, 4) is 0 Å². The predicted octanol–water partition coefficient (Wildman–Crippen LogP) is 0.698. The normalized spacial score (nSPS) is 22.7. The van der Waals surface area contributed by atoms with Crippen LogP contribution in [0.5, 0.6) is 0 Å². The number of hydrogen-bond donors (Lipinski definition) is 1. The summed E-state index contributed by atoms with van der Waals surface area (Å²) >= 11 is 0. The fraction of sp³-hybridized carbons (Fsp3) is 0.450. The molecule has 0 unspecified atom stereocenters. The summed E-state index contributed by atoms with van der Waals surface area (Å²) in [6.45, 7) is 3.85. The summed E-state index contributed by atoms with van der Waals surface area (Å²) < 4.78 is 5.08. The second kappa shape index (κ2) is 7.27. The van der Waals surface area contributed by atoms with Gasteiger partial charge in [-0.05, 0) is 25.1 Å². The number of piperazine rings is 2. The summed E-state index contributed by atoms with van der Waals surface area (Å²) in [5, 5.41) is 0.811. The SMILES string of the molecule is COCCN1CCN2C(=O)[C@H](C)N(C(=O)c3cccc4[nH]ccc34)C[C@H]2C1=O. The number of amides is 3. The highest BCUT2D eigenvalue weighted by Gasteiger charge is 2.46. The van der Waals surface area contributed by atoms with Gasteiger partial charge in [0.1, 0.15) is 12.1 Å². The summed E-state index contributed by atoms with van der Waals surface area (Å²) in [4.78, 5) is 47.1. The maximum atomic E-state index is 13.3. The Kier molecular flexibility index (Phi) is 4.80. The van der Waals surface area contributed by atoms with Crippen molar-refractivity contribution in [3.63, 3.8) is 0 Å². The van der Waals surface area contributed by atoms with Crippen LogP contribution >= 0.6 is 0 Å². The lowest BCUT2D eigenvalue weighted by molar-refractivity contribution is -0.160. The molecule has 2 saturated heterocycles. The van der Waals surface area contributed by atoms with Crippen LogP contribution in [0.2, 0.25) is 0 Å². The van der Waals surface area contributed by atoms with Gasteiger partial charge in [-0.25, -0.2) is 0 Å². The van der Waals surface area contributed by atoms with Gasteiger partial charge in [0.25, 0.3) is 5.91 Å². The molecule has 2 aliphatic rings. The third-order valence-corrected chi connectivity index (χ3v) is 5.71. The fourth-order valence-corrected chi connectivity index (χ4v) is 4.11. The van der Waals surface area contributed by atoms with E-state index in [2.05, 4.69) is 4.98 Å². The first-order valence-corrected chi connectivity index (χ1v) is 9.48. The van der Waals surface area contributed by atoms with E-state index in [-0.39, 0.29) is 24.3 Å². The molecule has 8 heteroatoms. The number of nitrogens with zero attached hydrogens (tertiary/aromatic N) is 3. The monoisotopic (exact) mass is 384 g/mol. The zero-order valence-electron chi connectivity index (χ0n) is 16.1. The smallest absolute Gasteiger partial charge is 0.255 e. The molecule has 0 bridgehead atoms. The summed E-state index contributed by atoms with van der Waals surface area (Å²) in [5.74, 6) is -0.528. The largest absolute Gasteiger partial charge is 0.383 e. The molecule has 0 aliphatic carbocycles. The number of aromatic nitrogens is 1. The number of hydrogen-bond acceptors (Lipinski definition) is 4. The molecule has 2 fully saturated rings. The number of aromatic amines is 1. The average molecular weight is 384 g/mol. The second-order valence-electron chi connectivity index (χ2n) is 7.24. The number of methoxy groups -OCH3 is 1. The molecule has 1 aromatic carbocycles. The van der Waals surface area contributed by atoms with Gasteiger partial charge in [0.15, 0.2) is 0 Å².